The van der Waals surface area contributed by atoms with Crippen molar-refractivity contribution in [2.24, 2.45) is 17.6 Å². The van der Waals surface area contributed by atoms with Crippen LogP contribution in [0.1, 0.15) is 58.8 Å². The average molecular weight is 251 g/mol. The Balaban J connectivity index is 2.63. The fraction of sp³-hybridized carbons (Fsp3) is 1.00. The lowest BCUT2D eigenvalue weighted by molar-refractivity contribution is -0.187. The molecular formula is C13H24F3N. The van der Waals surface area contributed by atoms with Crippen molar-refractivity contribution >= 4 is 0 Å². The van der Waals surface area contributed by atoms with Crippen molar-refractivity contribution < 1.29 is 13.2 Å². The highest BCUT2D eigenvalue weighted by Crippen LogP contribution is 2.43. The van der Waals surface area contributed by atoms with Crippen LogP contribution in [-0.4, -0.2) is 11.7 Å². The van der Waals surface area contributed by atoms with Gasteiger partial charge in [0.25, 0.3) is 0 Å². The first kappa shape index (κ1) is 14.8. The number of alkyl halides is 3. The Kier molecular flexibility index (Phi) is 4.87. The third-order valence-electron chi connectivity index (χ3n) is 4.19. The molecule has 0 aromatic carbocycles. The molecule has 2 atom stereocenters. The van der Waals surface area contributed by atoms with E-state index in [2.05, 4.69) is 13.8 Å². The molecule has 1 nitrogen and oxygen atoms in total. The Morgan fingerprint density at radius 3 is 2.35 bits per heavy atom. The van der Waals surface area contributed by atoms with Crippen molar-refractivity contribution in [2.75, 3.05) is 0 Å². The van der Waals surface area contributed by atoms with Crippen LogP contribution in [0.5, 0.6) is 0 Å². The first-order valence-corrected chi connectivity index (χ1v) is 6.66. The van der Waals surface area contributed by atoms with Gasteiger partial charge in [0.1, 0.15) is 0 Å². The summed E-state index contributed by atoms with van der Waals surface area (Å²) in [6, 6.07) is 0. The van der Waals surface area contributed by atoms with E-state index in [1.54, 1.807) is 0 Å². The van der Waals surface area contributed by atoms with Crippen LogP contribution in [-0.2, 0) is 0 Å². The monoisotopic (exact) mass is 251 g/mol. The number of hydrogen-bond acceptors (Lipinski definition) is 1. The molecule has 0 aromatic heterocycles. The van der Waals surface area contributed by atoms with Crippen LogP contribution in [0, 0.1) is 11.8 Å². The molecule has 4 heteroatoms. The van der Waals surface area contributed by atoms with Crippen molar-refractivity contribution in [1.82, 2.24) is 0 Å². The maximum Gasteiger partial charge on any atom is 0.391 e. The van der Waals surface area contributed by atoms with Gasteiger partial charge in [0.2, 0.25) is 0 Å². The fourth-order valence-electron chi connectivity index (χ4n) is 3.01. The van der Waals surface area contributed by atoms with Crippen molar-refractivity contribution in [1.29, 1.82) is 0 Å². The Bertz CT molecular complexity index is 235. The number of nitrogens with two attached hydrogens (primary N) is 1. The van der Waals surface area contributed by atoms with Gasteiger partial charge in [0.15, 0.2) is 0 Å². The van der Waals surface area contributed by atoms with Crippen LogP contribution in [0.25, 0.3) is 0 Å². The van der Waals surface area contributed by atoms with E-state index in [9.17, 15) is 13.2 Å². The molecule has 2 unspecified atom stereocenters. The maximum absolute atomic E-state index is 12.7. The van der Waals surface area contributed by atoms with Gasteiger partial charge in [0, 0.05) is 5.54 Å². The second kappa shape index (κ2) is 5.59. The van der Waals surface area contributed by atoms with Crippen LogP contribution in [0.4, 0.5) is 13.2 Å². The largest absolute Gasteiger partial charge is 0.391 e. The number of rotatable bonds is 4. The van der Waals surface area contributed by atoms with Gasteiger partial charge in [-0.2, -0.15) is 13.2 Å². The molecule has 0 heterocycles. The molecule has 1 fully saturated rings. The minimum atomic E-state index is -4.07. The molecule has 0 spiro atoms. The molecular weight excluding hydrogens is 227 g/mol. The smallest absolute Gasteiger partial charge is 0.325 e. The van der Waals surface area contributed by atoms with Crippen LogP contribution in [0.3, 0.4) is 0 Å². The van der Waals surface area contributed by atoms with Crippen molar-refractivity contribution in [3.8, 4) is 0 Å². The van der Waals surface area contributed by atoms with Crippen LogP contribution < -0.4 is 5.73 Å². The van der Waals surface area contributed by atoms with Gasteiger partial charge in [-0.05, 0) is 31.6 Å². The Hall–Kier alpha value is -0.250. The minimum absolute atomic E-state index is 0.118. The highest BCUT2D eigenvalue weighted by Gasteiger charge is 2.46. The second-order valence-electron chi connectivity index (χ2n) is 5.58. The summed E-state index contributed by atoms with van der Waals surface area (Å²) in [7, 11) is 0. The topological polar surface area (TPSA) is 26.0 Å². The molecule has 0 radical (unpaired) electrons. The zero-order chi connectivity index (χ0) is 13.1. The molecule has 17 heavy (non-hydrogen) atoms. The lowest BCUT2D eigenvalue weighted by Gasteiger charge is -2.40. The van der Waals surface area contributed by atoms with Crippen LogP contribution in [0.2, 0.25) is 0 Å². The van der Waals surface area contributed by atoms with E-state index < -0.39 is 17.6 Å². The first-order chi connectivity index (χ1) is 7.80. The third kappa shape index (κ3) is 4.16. The molecule has 1 rings (SSSR count). The molecule has 102 valence electrons. The maximum atomic E-state index is 12.7. The van der Waals surface area contributed by atoms with E-state index in [0.717, 1.165) is 25.7 Å². The van der Waals surface area contributed by atoms with Crippen molar-refractivity contribution in [2.45, 2.75) is 70.5 Å². The Morgan fingerprint density at radius 2 is 1.88 bits per heavy atom. The number of hydrogen-bond donors (Lipinski definition) is 1. The molecule has 1 saturated carbocycles. The normalized spacial score (nSPS) is 30.9. The Labute approximate surface area is 102 Å². The lowest BCUT2D eigenvalue weighted by Crippen LogP contribution is -2.48. The third-order valence-corrected chi connectivity index (χ3v) is 4.19. The molecule has 1 aliphatic rings. The summed E-state index contributed by atoms with van der Waals surface area (Å²) in [6.45, 7) is 4.17. The quantitative estimate of drug-likeness (QED) is 0.793. The molecule has 1 aliphatic carbocycles. The van der Waals surface area contributed by atoms with Gasteiger partial charge in [-0.15, -0.1) is 0 Å². The van der Waals surface area contributed by atoms with E-state index >= 15 is 0 Å². The zero-order valence-electron chi connectivity index (χ0n) is 10.8. The van der Waals surface area contributed by atoms with Gasteiger partial charge in [-0.3, -0.25) is 0 Å². The molecule has 0 aromatic rings. The lowest BCUT2D eigenvalue weighted by atomic mass is 9.71. The van der Waals surface area contributed by atoms with Crippen molar-refractivity contribution in [3.63, 3.8) is 0 Å². The van der Waals surface area contributed by atoms with Gasteiger partial charge in [-0.1, -0.05) is 33.1 Å². The number of halogens is 3. The molecule has 2 N–H and O–H groups in total. The van der Waals surface area contributed by atoms with Gasteiger partial charge >= 0.3 is 6.18 Å². The highest BCUT2D eigenvalue weighted by molar-refractivity contribution is 4.93. The SMILES string of the molecule is CCC(CC)CC1(N)CCCC(C(F)(F)F)C1. The fourth-order valence-corrected chi connectivity index (χ4v) is 3.01. The first-order valence-electron chi connectivity index (χ1n) is 6.66. The highest BCUT2D eigenvalue weighted by atomic mass is 19.4. The average Bonchev–Trinajstić information content (AvgIpc) is 2.25. The molecule has 0 aliphatic heterocycles. The van der Waals surface area contributed by atoms with E-state index in [1.807, 2.05) is 0 Å². The molecule has 0 bridgehead atoms. The molecule has 0 amide bonds. The predicted octanol–water partition coefficient (Wildman–Crippen LogP) is 4.26. The van der Waals surface area contributed by atoms with Gasteiger partial charge in [0.05, 0.1) is 5.92 Å². The summed E-state index contributed by atoms with van der Waals surface area (Å²) in [4.78, 5) is 0. The summed E-state index contributed by atoms with van der Waals surface area (Å²) >= 11 is 0. The summed E-state index contributed by atoms with van der Waals surface area (Å²) in [5.41, 5.74) is 5.61. The van der Waals surface area contributed by atoms with E-state index in [4.69, 9.17) is 5.73 Å². The summed E-state index contributed by atoms with van der Waals surface area (Å²) in [5.74, 6) is -0.720. The zero-order valence-corrected chi connectivity index (χ0v) is 10.8. The predicted molar refractivity (Wildman–Crippen MR) is 63.6 cm³/mol. The second-order valence-corrected chi connectivity index (χ2v) is 5.58. The Morgan fingerprint density at radius 1 is 1.29 bits per heavy atom. The van der Waals surface area contributed by atoms with E-state index in [1.165, 1.54) is 0 Å². The van der Waals surface area contributed by atoms with Gasteiger partial charge < -0.3 is 5.73 Å². The van der Waals surface area contributed by atoms with E-state index in [-0.39, 0.29) is 12.8 Å². The van der Waals surface area contributed by atoms with Gasteiger partial charge in [-0.25, -0.2) is 0 Å². The summed E-state index contributed by atoms with van der Waals surface area (Å²) < 4.78 is 38.2. The van der Waals surface area contributed by atoms with Crippen molar-refractivity contribution in [3.05, 3.63) is 0 Å². The van der Waals surface area contributed by atoms with Crippen LogP contribution >= 0.6 is 0 Å². The van der Waals surface area contributed by atoms with Crippen LogP contribution in [0.15, 0.2) is 0 Å². The standard InChI is InChI=1S/C13H24F3N/c1-3-10(4-2)8-12(17)7-5-6-11(9-12)13(14,15)16/h10-11H,3-9,17H2,1-2H3. The summed E-state index contributed by atoms with van der Waals surface area (Å²) in [5, 5.41) is 0. The molecule has 0 saturated heterocycles. The van der Waals surface area contributed by atoms with E-state index in [0.29, 0.717) is 12.3 Å². The summed E-state index contributed by atoms with van der Waals surface area (Å²) in [6.07, 6.45) is 0.416. The minimum Gasteiger partial charge on any atom is -0.325 e.